The highest BCUT2D eigenvalue weighted by molar-refractivity contribution is 6.78. The molecule has 3 rings (SSSR count). The quantitative estimate of drug-likeness (QED) is 0.525. The lowest BCUT2D eigenvalue weighted by molar-refractivity contribution is -0.146. The van der Waals surface area contributed by atoms with Gasteiger partial charge in [-0.15, -0.1) is 0 Å². The Bertz CT molecular complexity index is 709. The lowest BCUT2D eigenvalue weighted by Crippen LogP contribution is -2.39. The summed E-state index contributed by atoms with van der Waals surface area (Å²) in [5.74, 6) is -0.121. The molecule has 0 radical (unpaired) electrons. The van der Waals surface area contributed by atoms with E-state index in [9.17, 15) is 4.79 Å². The van der Waals surface area contributed by atoms with E-state index in [1.54, 1.807) is 0 Å². The minimum atomic E-state index is -1.60. The van der Waals surface area contributed by atoms with Gasteiger partial charge in [0.1, 0.15) is 6.10 Å². The first-order valence-electron chi connectivity index (χ1n) is 9.31. The van der Waals surface area contributed by atoms with E-state index >= 15 is 0 Å². The van der Waals surface area contributed by atoms with Gasteiger partial charge in [-0.1, -0.05) is 80.3 Å². The van der Waals surface area contributed by atoms with E-state index in [2.05, 4.69) is 43.9 Å². The first-order chi connectivity index (χ1) is 12.4. The Morgan fingerprint density at radius 2 is 1.50 bits per heavy atom. The monoisotopic (exact) mass is 368 g/mol. The topological polar surface area (TPSA) is 35.5 Å². The van der Waals surface area contributed by atoms with Gasteiger partial charge in [-0.05, 0) is 17.5 Å². The summed E-state index contributed by atoms with van der Waals surface area (Å²) in [4.78, 5) is 12.6. The lowest BCUT2D eigenvalue weighted by Gasteiger charge is -2.31. The molecule has 1 fully saturated rings. The zero-order valence-electron chi connectivity index (χ0n) is 15.9. The van der Waals surface area contributed by atoms with Crippen molar-refractivity contribution in [2.24, 2.45) is 5.92 Å². The molecule has 0 aromatic heterocycles. The first-order valence-corrected chi connectivity index (χ1v) is 12.9. The Kier molecular flexibility index (Phi) is 5.94. The molecular formula is C22H28O3Si. The molecule has 1 aliphatic rings. The van der Waals surface area contributed by atoms with Crippen molar-refractivity contribution in [3.8, 4) is 0 Å². The van der Waals surface area contributed by atoms with E-state index in [0.717, 1.165) is 12.0 Å². The third-order valence-electron chi connectivity index (χ3n) is 5.10. The van der Waals surface area contributed by atoms with E-state index in [1.165, 1.54) is 5.56 Å². The average molecular weight is 369 g/mol. The van der Waals surface area contributed by atoms with Crippen molar-refractivity contribution in [3.63, 3.8) is 0 Å². The lowest BCUT2D eigenvalue weighted by atomic mass is 9.95. The highest BCUT2D eigenvalue weighted by atomic mass is 28.3. The highest BCUT2D eigenvalue weighted by Crippen LogP contribution is 2.43. The van der Waals surface area contributed by atoms with Crippen LogP contribution in [0.5, 0.6) is 0 Å². The SMILES string of the molecule is C[Si](C)(C)[C@@H]1[C@H](COCc2ccccc2)OC(=O)[C@H]1Cc1ccccc1. The molecule has 0 N–H and O–H groups in total. The van der Waals surface area contributed by atoms with Crippen LogP contribution in [-0.2, 0) is 27.3 Å². The van der Waals surface area contributed by atoms with Crippen LogP contribution in [-0.4, -0.2) is 26.8 Å². The molecule has 3 nitrogen and oxygen atoms in total. The minimum absolute atomic E-state index is 0.0606. The van der Waals surface area contributed by atoms with Gasteiger partial charge in [0.2, 0.25) is 0 Å². The molecule has 0 spiro atoms. The second-order valence-corrected chi connectivity index (χ2v) is 13.6. The van der Waals surface area contributed by atoms with Gasteiger partial charge >= 0.3 is 5.97 Å². The van der Waals surface area contributed by atoms with Crippen LogP contribution in [0.25, 0.3) is 0 Å². The van der Waals surface area contributed by atoms with E-state index in [1.807, 2.05) is 36.4 Å². The maximum Gasteiger partial charge on any atom is 0.309 e. The number of ether oxygens (including phenoxy) is 2. The molecule has 0 bridgehead atoms. The molecule has 4 heteroatoms. The second kappa shape index (κ2) is 8.19. The Morgan fingerprint density at radius 3 is 2.08 bits per heavy atom. The second-order valence-electron chi connectivity index (χ2n) is 8.16. The summed E-state index contributed by atoms with van der Waals surface area (Å²) in [5.41, 5.74) is 2.61. The van der Waals surface area contributed by atoms with E-state index in [0.29, 0.717) is 13.2 Å². The number of cyclic esters (lactones) is 1. The van der Waals surface area contributed by atoms with Gasteiger partial charge in [-0.3, -0.25) is 4.79 Å². The van der Waals surface area contributed by atoms with E-state index in [-0.39, 0.29) is 23.5 Å². The molecule has 2 aromatic rings. The van der Waals surface area contributed by atoms with Crippen LogP contribution in [0.3, 0.4) is 0 Å². The van der Waals surface area contributed by atoms with Gasteiger partial charge in [0.25, 0.3) is 0 Å². The molecule has 0 saturated carbocycles. The van der Waals surface area contributed by atoms with Gasteiger partial charge in [0.15, 0.2) is 0 Å². The zero-order valence-corrected chi connectivity index (χ0v) is 16.9. The standard InChI is InChI=1S/C22H28O3Si/c1-26(2,3)21-19(14-17-10-6-4-7-11-17)22(23)25-20(21)16-24-15-18-12-8-5-9-13-18/h4-13,19-21H,14-16H2,1-3H3/t19-,20-,21-/m0/s1. The van der Waals surface area contributed by atoms with Crippen LogP contribution in [0.15, 0.2) is 60.7 Å². The third kappa shape index (κ3) is 4.62. The van der Waals surface area contributed by atoms with Crippen LogP contribution in [0.2, 0.25) is 25.2 Å². The van der Waals surface area contributed by atoms with E-state index in [4.69, 9.17) is 9.47 Å². The molecule has 1 aliphatic heterocycles. The zero-order chi connectivity index (χ0) is 18.6. The van der Waals surface area contributed by atoms with Crippen LogP contribution >= 0.6 is 0 Å². The van der Waals surface area contributed by atoms with Crippen LogP contribution in [0.1, 0.15) is 11.1 Å². The molecule has 0 amide bonds. The minimum Gasteiger partial charge on any atom is -0.460 e. The van der Waals surface area contributed by atoms with Gasteiger partial charge in [-0.25, -0.2) is 0 Å². The van der Waals surface area contributed by atoms with Crippen LogP contribution < -0.4 is 0 Å². The Hall–Kier alpha value is -1.91. The van der Waals surface area contributed by atoms with Crippen molar-refractivity contribution in [1.29, 1.82) is 0 Å². The predicted molar refractivity (Wildman–Crippen MR) is 107 cm³/mol. The van der Waals surface area contributed by atoms with E-state index < -0.39 is 8.07 Å². The Morgan fingerprint density at radius 1 is 0.923 bits per heavy atom. The Labute approximate surface area is 157 Å². The number of rotatable bonds is 7. The molecule has 0 unspecified atom stereocenters. The number of carbonyl (C=O) groups excluding carboxylic acids is 1. The largest absolute Gasteiger partial charge is 0.460 e. The van der Waals surface area contributed by atoms with Gasteiger partial charge in [0, 0.05) is 5.54 Å². The normalized spacial score (nSPS) is 23.0. The maximum absolute atomic E-state index is 12.6. The summed E-state index contributed by atoms with van der Waals surface area (Å²) in [5, 5.41) is 0. The van der Waals surface area contributed by atoms with Gasteiger partial charge < -0.3 is 9.47 Å². The summed E-state index contributed by atoms with van der Waals surface area (Å²) in [7, 11) is -1.60. The van der Waals surface area contributed by atoms with Crippen LogP contribution in [0.4, 0.5) is 0 Å². The van der Waals surface area contributed by atoms with Gasteiger partial charge in [-0.2, -0.15) is 0 Å². The van der Waals surface area contributed by atoms with Crippen molar-refractivity contribution in [1.82, 2.24) is 0 Å². The molecular weight excluding hydrogens is 340 g/mol. The van der Waals surface area contributed by atoms with Gasteiger partial charge in [0.05, 0.1) is 27.2 Å². The third-order valence-corrected chi connectivity index (χ3v) is 7.87. The summed E-state index contributed by atoms with van der Waals surface area (Å²) >= 11 is 0. The number of benzene rings is 2. The fourth-order valence-electron chi connectivity index (χ4n) is 3.96. The number of carbonyl (C=O) groups is 1. The van der Waals surface area contributed by atoms with Crippen molar-refractivity contribution in [3.05, 3.63) is 71.8 Å². The molecule has 2 aromatic carbocycles. The number of hydrogen-bond donors (Lipinski definition) is 0. The van der Waals surface area contributed by atoms with Crippen molar-refractivity contribution in [2.45, 2.75) is 44.3 Å². The van der Waals surface area contributed by atoms with Crippen molar-refractivity contribution < 1.29 is 14.3 Å². The number of hydrogen-bond acceptors (Lipinski definition) is 3. The molecule has 3 atom stereocenters. The van der Waals surface area contributed by atoms with Crippen molar-refractivity contribution in [2.75, 3.05) is 6.61 Å². The number of esters is 1. The fourth-order valence-corrected chi connectivity index (χ4v) is 6.70. The maximum atomic E-state index is 12.6. The Balaban J connectivity index is 1.68. The average Bonchev–Trinajstić information content (AvgIpc) is 2.92. The molecule has 1 heterocycles. The molecule has 0 aliphatic carbocycles. The smallest absolute Gasteiger partial charge is 0.309 e. The first kappa shape index (κ1) is 18.9. The molecule has 26 heavy (non-hydrogen) atoms. The molecule has 1 saturated heterocycles. The summed E-state index contributed by atoms with van der Waals surface area (Å²) in [6, 6.07) is 20.4. The summed E-state index contributed by atoms with van der Waals surface area (Å²) < 4.78 is 11.7. The van der Waals surface area contributed by atoms with Crippen molar-refractivity contribution >= 4 is 14.0 Å². The van der Waals surface area contributed by atoms with Crippen LogP contribution in [0, 0.1) is 5.92 Å². The molecule has 138 valence electrons. The predicted octanol–water partition coefficient (Wildman–Crippen LogP) is 4.70. The fraction of sp³-hybridized carbons (Fsp3) is 0.409. The summed E-state index contributed by atoms with van der Waals surface area (Å²) in [6.07, 6.45) is 0.621. The summed E-state index contributed by atoms with van der Waals surface area (Å²) in [6.45, 7) is 7.99. The highest BCUT2D eigenvalue weighted by Gasteiger charge is 2.50.